The van der Waals surface area contributed by atoms with Crippen LogP contribution < -0.4 is 10.1 Å². The minimum Gasteiger partial charge on any atom is -0.496 e. The monoisotopic (exact) mass is 402 g/mol. The first-order valence-corrected chi connectivity index (χ1v) is 10.5. The van der Waals surface area contributed by atoms with Gasteiger partial charge in [-0.2, -0.15) is 0 Å². The Hall–Kier alpha value is -2.32. The van der Waals surface area contributed by atoms with Gasteiger partial charge < -0.3 is 14.6 Å². The first-order chi connectivity index (χ1) is 13.1. The number of rotatable bonds is 8. The molecule has 0 aliphatic carbocycles. The molecule has 3 rings (SSSR count). The quantitative estimate of drug-likeness (QED) is 0.577. The molecular weight excluding hydrogens is 380 g/mol. The number of aromatic nitrogens is 3. The molecule has 0 saturated heterocycles. The van der Waals surface area contributed by atoms with Crippen LogP contribution in [0, 0.1) is 0 Å². The van der Waals surface area contributed by atoms with Crippen molar-refractivity contribution in [3.8, 4) is 16.5 Å². The van der Waals surface area contributed by atoms with Gasteiger partial charge in [-0.15, -0.1) is 21.5 Å². The fraction of sp³-hybridized carbons (Fsp3) is 0.316. The first-order valence-electron chi connectivity index (χ1n) is 8.66. The molecular formula is C19H22N4O2S2. The summed E-state index contributed by atoms with van der Waals surface area (Å²) in [5.74, 6) is 1.84. The highest BCUT2D eigenvalue weighted by atomic mass is 32.2. The van der Waals surface area contributed by atoms with Crippen molar-refractivity contribution in [2.24, 2.45) is 0 Å². The highest BCUT2D eigenvalue weighted by molar-refractivity contribution is 7.99. The standard InChI is InChI=1S/C19H22N4O2S2/c1-4-23-18(16-10-7-11-26-16)21-22-19(23)27-12-17(24)20-13(2)14-8-5-6-9-15(14)25-3/h5-11,13H,4,12H2,1-3H3,(H,20,24). The molecule has 1 aromatic carbocycles. The number of amides is 1. The van der Waals surface area contributed by atoms with Gasteiger partial charge in [-0.1, -0.05) is 36.0 Å². The number of benzene rings is 1. The van der Waals surface area contributed by atoms with Gasteiger partial charge in [-0.05, 0) is 31.4 Å². The number of carbonyl (C=O) groups excluding carboxylic acids is 1. The van der Waals surface area contributed by atoms with E-state index in [9.17, 15) is 4.79 Å². The number of thiophene rings is 1. The van der Waals surface area contributed by atoms with E-state index in [2.05, 4.69) is 15.5 Å². The van der Waals surface area contributed by atoms with Crippen LogP contribution in [0.15, 0.2) is 46.9 Å². The zero-order valence-electron chi connectivity index (χ0n) is 15.5. The van der Waals surface area contributed by atoms with Gasteiger partial charge in [0.2, 0.25) is 5.91 Å². The van der Waals surface area contributed by atoms with Crippen LogP contribution in [0.3, 0.4) is 0 Å². The predicted octanol–water partition coefficient (Wildman–Crippen LogP) is 4.00. The van der Waals surface area contributed by atoms with Gasteiger partial charge in [0.1, 0.15) is 5.75 Å². The van der Waals surface area contributed by atoms with Crippen molar-refractivity contribution in [1.82, 2.24) is 20.1 Å². The van der Waals surface area contributed by atoms with Crippen LogP contribution >= 0.6 is 23.1 Å². The van der Waals surface area contributed by atoms with Gasteiger partial charge in [0.15, 0.2) is 11.0 Å². The normalized spacial score (nSPS) is 12.0. The predicted molar refractivity (Wildman–Crippen MR) is 109 cm³/mol. The minimum atomic E-state index is -0.139. The second kappa shape index (κ2) is 9.05. The molecule has 2 heterocycles. The molecule has 1 amide bonds. The third kappa shape index (κ3) is 4.51. The van der Waals surface area contributed by atoms with Crippen LogP contribution in [-0.2, 0) is 11.3 Å². The molecule has 3 aromatic rings. The molecule has 27 heavy (non-hydrogen) atoms. The van der Waals surface area contributed by atoms with E-state index in [0.29, 0.717) is 0 Å². The van der Waals surface area contributed by atoms with E-state index in [0.717, 1.165) is 33.7 Å². The van der Waals surface area contributed by atoms with Crippen molar-refractivity contribution in [1.29, 1.82) is 0 Å². The average molecular weight is 403 g/mol. The van der Waals surface area contributed by atoms with Crippen molar-refractivity contribution in [3.05, 3.63) is 47.3 Å². The first kappa shape index (κ1) is 19.4. The summed E-state index contributed by atoms with van der Waals surface area (Å²) < 4.78 is 7.40. The number of para-hydroxylation sites is 1. The van der Waals surface area contributed by atoms with Gasteiger partial charge in [0.05, 0.1) is 23.8 Å². The minimum absolute atomic E-state index is 0.0540. The largest absolute Gasteiger partial charge is 0.496 e. The van der Waals surface area contributed by atoms with Gasteiger partial charge >= 0.3 is 0 Å². The summed E-state index contributed by atoms with van der Waals surface area (Å²) in [4.78, 5) is 13.5. The summed E-state index contributed by atoms with van der Waals surface area (Å²) in [6, 6.07) is 11.6. The maximum atomic E-state index is 12.4. The number of methoxy groups -OCH3 is 1. The summed E-state index contributed by atoms with van der Waals surface area (Å²) in [6.07, 6.45) is 0. The van der Waals surface area contributed by atoms with E-state index in [1.54, 1.807) is 18.4 Å². The van der Waals surface area contributed by atoms with Crippen LogP contribution in [0.4, 0.5) is 0 Å². The van der Waals surface area contributed by atoms with Crippen LogP contribution in [0.5, 0.6) is 5.75 Å². The van der Waals surface area contributed by atoms with Crippen molar-refractivity contribution in [2.45, 2.75) is 31.6 Å². The van der Waals surface area contributed by atoms with Crippen molar-refractivity contribution >= 4 is 29.0 Å². The maximum absolute atomic E-state index is 12.4. The summed E-state index contributed by atoms with van der Waals surface area (Å²) in [7, 11) is 1.63. The lowest BCUT2D eigenvalue weighted by molar-refractivity contribution is -0.119. The molecule has 0 aliphatic heterocycles. The molecule has 0 radical (unpaired) electrons. The molecule has 8 heteroatoms. The molecule has 0 bridgehead atoms. The topological polar surface area (TPSA) is 69.0 Å². The smallest absolute Gasteiger partial charge is 0.230 e. The van der Waals surface area contributed by atoms with Gasteiger partial charge in [-0.3, -0.25) is 4.79 Å². The third-order valence-corrected chi connectivity index (χ3v) is 5.92. The van der Waals surface area contributed by atoms with Crippen molar-refractivity contribution in [2.75, 3.05) is 12.9 Å². The zero-order valence-corrected chi connectivity index (χ0v) is 17.1. The summed E-state index contributed by atoms with van der Waals surface area (Å²) >= 11 is 3.02. The van der Waals surface area contributed by atoms with Gasteiger partial charge in [-0.25, -0.2) is 0 Å². The summed E-state index contributed by atoms with van der Waals surface area (Å²) in [6.45, 7) is 4.75. The maximum Gasteiger partial charge on any atom is 0.230 e. The lowest BCUT2D eigenvalue weighted by atomic mass is 10.1. The second-order valence-corrected chi connectivity index (χ2v) is 7.74. The zero-order chi connectivity index (χ0) is 19.2. The van der Waals surface area contributed by atoms with E-state index in [1.807, 2.05) is 60.2 Å². The van der Waals surface area contributed by atoms with Crippen molar-refractivity contribution < 1.29 is 9.53 Å². The molecule has 6 nitrogen and oxygen atoms in total. The lowest BCUT2D eigenvalue weighted by Gasteiger charge is -2.17. The molecule has 1 atom stereocenters. The Morgan fingerprint density at radius 2 is 2.11 bits per heavy atom. The summed E-state index contributed by atoms with van der Waals surface area (Å²) in [5, 5.41) is 14.3. The fourth-order valence-electron chi connectivity index (χ4n) is 2.78. The average Bonchev–Trinajstić information content (AvgIpc) is 3.35. The van der Waals surface area contributed by atoms with Gasteiger partial charge in [0, 0.05) is 12.1 Å². The molecule has 0 aliphatic rings. The Kier molecular flexibility index (Phi) is 6.52. The Morgan fingerprint density at radius 3 is 2.81 bits per heavy atom. The second-order valence-electron chi connectivity index (χ2n) is 5.85. The number of thioether (sulfide) groups is 1. The number of ether oxygens (including phenoxy) is 1. The molecule has 0 saturated carbocycles. The number of hydrogen-bond donors (Lipinski definition) is 1. The van der Waals surface area contributed by atoms with E-state index >= 15 is 0 Å². The fourth-order valence-corrected chi connectivity index (χ4v) is 4.31. The Balaban J connectivity index is 1.63. The molecule has 1 unspecified atom stereocenters. The van der Waals surface area contributed by atoms with Crippen LogP contribution in [0.1, 0.15) is 25.5 Å². The van der Waals surface area contributed by atoms with Crippen LogP contribution in [-0.4, -0.2) is 33.5 Å². The third-order valence-electron chi connectivity index (χ3n) is 4.09. The molecule has 2 aromatic heterocycles. The number of nitrogens with one attached hydrogen (secondary N) is 1. The van der Waals surface area contributed by atoms with E-state index < -0.39 is 0 Å². The van der Waals surface area contributed by atoms with Crippen LogP contribution in [0.2, 0.25) is 0 Å². The Labute approximate surface area is 167 Å². The van der Waals surface area contributed by atoms with Gasteiger partial charge in [0.25, 0.3) is 0 Å². The SMILES string of the molecule is CCn1c(SCC(=O)NC(C)c2ccccc2OC)nnc1-c1cccs1. The molecule has 142 valence electrons. The van der Waals surface area contributed by atoms with E-state index in [4.69, 9.17) is 4.74 Å². The number of carbonyl (C=O) groups is 1. The summed E-state index contributed by atoms with van der Waals surface area (Å²) in [5.41, 5.74) is 0.954. The van der Waals surface area contributed by atoms with Crippen molar-refractivity contribution in [3.63, 3.8) is 0 Å². The van der Waals surface area contributed by atoms with E-state index in [1.165, 1.54) is 11.8 Å². The Morgan fingerprint density at radius 1 is 1.30 bits per heavy atom. The molecule has 0 spiro atoms. The highest BCUT2D eigenvalue weighted by Gasteiger charge is 2.17. The lowest BCUT2D eigenvalue weighted by Crippen LogP contribution is -2.28. The van der Waals surface area contributed by atoms with Crippen LogP contribution in [0.25, 0.3) is 10.7 Å². The number of hydrogen-bond acceptors (Lipinski definition) is 6. The number of nitrogens with zero attached hydrogens (tertiary/aromatic N) is 3. The molecule has 1 N–H and O–H groups in total. The Bertz CT molecular complexity index is 893. The highest BCUT2D eigenvalue weighted by Crippen LogP contribution is 2.28. The molecule has 0 fully saturated rings. The van der Waals surface area contributed by atoms with E-state index in [-0.39, 0.29) is 17.7 Å².